The highest BCUT2D eigenvalue weighted by Crippen LogP contribution is 2.18. The second-order valence-electron chi connectivity index (χ2n) is 5.83. The van der Waals surface area contributed by atoms with Crippen molar-refractivity contribution in [3.05, 3.63) is 47.5 Å². The van der Waals surface area contributed by atoms with Crippen molar-refractivity contribution in [3.8, 4) is 5.75 Å². The zero-order chi connectivity index (χ0) is 17.1. The molecule has 1 aromatic heterocycles. The maximum atomic E-state index is 12.8. The number of nitrogens with zero attached hydrogens (tertiary/aromatic N) is 3. The summed E-state index contributed by atoms with van der Waals surface area (Å²) in [5, 5.41) is 7.16. The van der Waals surface area contributed by atoms with Crippen molar-refractivity contribution < 1.29 is 13.9 Å². The van der Waals surface area contributed by atoms with E-state index in [1.807, 2.05) is 18.5 Å². The first-order chi connectivity index (χ1) is 11.6. The Morgan fingerprint density at radius 3 is 2.71 bits per heavy atom. The molecule has 1 N–H and O–H groups in total. The van der Waals surface area contributed by atoms with Crippen molar-refractivity contribution in [3.63, 3.8) is 0 Å². The fourth-order valence-electron chi connectivity index (χ4n) is 2.64. The lowest BCUT2D eigenvalue weighted by molar-refractivity contribution is 0.0443. The molecule has 0 aliphatic carbocycles. The summed E-state index contributed by atoms with van der Waals surface area (Å²) in [7, 11) is 0. The van der Waals surface area contributed by atoms with E-state index >= 15 is 0 Å². The van der Waals surface area contributed by atoms with Crippen LogP contribution in [0.4, 0.5) is 9.18 Å². The lowest BCUT2D eigenvalue weighted by Crippen LogP contribution is -2.58. The number of carbonyl (C=O) groups excluding carboxylic acids is 1. The first-order valence-electron chi connectivity index (χ1n) is 8.03. The smallest absolute Gasteiger partial charge is 0.317 e. The number of likely N-dealkylation sites (tertiary alicyclic amines) is 1. The summed E-state index contributed by atoms with van der Waals surface area (Å²) in [6.07, 6.45) is 1.74. The van der Waals surface area contributed by atoms with Crippen LogP contribution in [0, 0.1) is 12.7 Å². The SMILES string of the molecule is CCn1ncc(CNC(=O)N2CC(Oc3ccc(F)cc3)C2)c1C. The predicted molar refractivity (Wildman–Crippen MR) is 87.3 cm³/mol. The maximum absolute atomic E-state index is 12.8. The molecule has 0 saturated carbocycles. The van der Waals surface area contributed by atoms with Gasteiger partial charge < -0.3 is 15.0 Å². The first kappa shape index (κ1) is 16.3. The lowest BCUT2D eigenvalue weighted by atomic mass is 10.2. The largest absolute Gasteiger partial charge is 0.487 e. The maximum Gasteiger partial charge on any atom is 0.317 e. The molecule has 1 saturated heterocycles. The molecular weight excluding hydrogens is 311 g/mol. The van der Waals surface area contributed by atoms with Gasteiger partial charge in [0.1, 0.15) is 17.7 Å². The topological polar surface area (TPSA) is 59.4 Å². The van der Waals surface area contributed by atoms with E-state index in [9.17, 15) is 9.18 Å². The standard InChI is InChI=1S/C17H21FN4O2/c1-3-22-12(2)13(9-20-22)8-19-17(23)21-10-16(11-21)24-15-6-4-14(18)5-7-15/h4-7,9,16H,3,8,10-11H2,1-2H3,(H,19,23). The van der Waals surface area contributed by atoms with Crippen molar-refractivity contribution in [2.24, 2.45) is 0 Å². The van der Waals surface area contributed by atoms with Crippen LogP contribution in [0.25, 0.3) is 0 Å². The van der Waals surface area contributed by atoms with E-state index < -0.39 is 0 Å². The predicted octanol–water partition coefficient (Wildman–Crippen LogP) is 2.32. The lowest BCUT2D eigenvalue weighted by Gasteiger charge is -2.38. The van der Waals surface area contributed by atoms with Gasteiger partial charge in [-0.2, -0.15) is 5.10 Å². The average Bonchev–Trinajstić information content (AvgIpc) is 2.90. The van der Waals surface area contributed by atoms with Gasteiger partial charge in [0.25, 0.3) is 0 Å². The molecule has 2 amide bonds. The van der Waals surface area contributed by atoms with Crippen molar-refractivity contribution in [2.45, 2.75) is 33.0 Å². The molecule has 1 fully saturated rings. The van der Waals surface area contributed by atoms with Gasteiger partial charge >= 0.3 is 6.03 Å². The number of hydrogen-bond acceptors (Lipinski definition) is 3. The molecule has 2 heterocycles. The molecular formula is C17H21FN4O2. The fraction of sp³-hybridized carbons (Fsp3) is 0.412. The Bertz CT molecular complexity index is 708. The highest BCUT2D eigenvalue weighted by atomic mass is 19.1. The molecule has 0 bridgehead atoms. The van der Waals surface area contributed by atoms with Crippen molar-refractivity contribution in [1.29, 1.82) is 0 Å². The molecule has 0 unspecified atom stereocenters. The van der Waals surface area contributed by atoms with E-state index in [4.69, 9.17) is 4.74 Å². The van der Waals surface area contributed by atoms with Crippen LogP contribution in [-0.2, 0) is 13.1 Å². The van der Waals surface area contributed by atoms with Crippen molar-refractivity contribution in [2.75, 3.05) is 13.1 Å². The van der Waals surface area contributed by atoms with Gasteiger partial charge in [0.05, 0.1) is 19.3 Å². The van der Waals surface area contributed by atoms with Gasteiger partial charge in [0, 0.05) is 24.3 Å². The van der Waals surface area contributed by atoms with Crippen LogP contribution >= 0.6 is 0 Å². The minimum atomic E-state index is -0.293. The zero-order valence-corrected chi connectivity index (χ0v) is 13.8. The highest BCUT2D eigenvalue weighted by Gasteiger charge is 2.32. The summed E-state index contributed by atoms with van der Waals surface area (Å²) in [5.41, 5.74) is 2.09. The van der Waals surface area contributed by atoms with Crippen LogP contribution in [0.2, 0.25) is 0 Å². The Balaban J connectivity index is 1.43. The molecule has 1 aliphatic rings. The van der Waals surface area contributed by atoms with Gasteiger partial charge in [-0.3, -0.25) is 4.68 Å². The monoisotopic (exact) mass is 332 g/mol. The number of amides is 2. The molecule has 7 heteroatoms. The Kier molecular flexibility index (Phi) is 4.69. The Labute approximate surface area is 140 Å². The molecule has 0 atom stereocenters. The fourth-order valence-corrected chi connectivity index (χ4v) is 2.64. The van der Waals surface area contributed by atoms with E-state index in [1.165, 1.54) is 12.1 Å². The Morgan fingerprint density at radius 1 is 1.38 bits per heavy atom. The quantitative estimate of drug-likeness (QED) is 0.914. The number of carbonyl (C=O) groups is 1. The molecule has 24 heavy (non-hydrogen) atoms. The van der Waals surface area contributed by atoms with Crippen molar-refractivity contribution >= 4 is 6.03 Å². The number of aryl methyl sites for hydroxylation is 1. The number of benzene rings is 1. The van der Waals surface area contributed by atoms with Crippen LogP contribution in [0.15, 0.2) is 30.5 Å². The number of urea groups is 1. The van der Waals surface area contributed by atoms with Crippen LogP contribution in [-0.4, -0.2) is 39.9 Å². The van der Waals surface area contributed by atoms with Crippen LogP contribution in [0.1, 0.15) is 18.2 Å². The van der Waals surface area contributed by atoms with Crippen LogP contribution < -0.4 is 10.1 Å². The normalized spacial score (nSPS) is 14.4. The second kappa shape index (κ2) is 6.90. The average molecular weight is 332 g/mol. The van der Waals surface area contributed by atoms with E-state index in [1.54, 1.807) is 23.2 Å². The molecule has 1 aromatic carbocycles. The Morgan fingerprint density at radius 2 is 2.08 bits per heavy atom. The van der Waals surface area contributed by atoms with E-state index in [2.05, 4.69) is 10.4 Å². The summed E-state index contributed by atoms with van der Waals surface area (Å²) in [5.74, 6) is 0.322. The molecule has 0 radical (unpaired) electrons. The van der Waals surface area contributed by atoms with Crippen LogP contribution in [0.5, 0.6) is 5.75 Å². The van der Waals surface area contributed by atoms with E-state index in [0.29, 0.717) is 25.4 Å². The van der Waals surface area contributed by atoms with E-state index in [0.717, 1.165) is 17.8 Å². The first-order valence-corrected chi connectivity index (χ1v) is 8.03. The summed E-state index contributed by atoms with van der Waals surface area (Å²) in [4.78, 5) is 13.8. The third-order valence-corrected chi connectivity index (χ3v) is 4.19. The zero-order valence-electron chi connectivity index (χ0n) is 13.8. The number of rotatable bonds is 5. The molecule has 2 aromatic rings. The van der Waals surface area contributed by atoms with Gasteiger partial charge in [-0.1, -0.05) is 0 Å². The number of ether oxygens (including phenoxy) is 1. The minimum Gasteiger partial charge on any atom is -0.487 e. The highest BCUT2D eigenvalue weighted by molar-refractivity contribution is 5.75. The van der Waals surface area contributed by atoms with Gasteiger partial charge in [0.15, 0.2) is 0 Å². The van der Waals surface area contributed by atoms with Gasteiger partial charge in [0.2, 0.25) is 0 Å². The number of hydrogen-bond donors (Lipinski definition) is 1. The Hall–Kier alpha value is -2.57. The second-order valence-corrected chi connectivity index (χ2v) is 5.83. The summed E-state index contributed by atoms with van der Waals surface area (Å²) < 4.78 is 20.4. The van der Waals surface area contributed by atoms with Gasteiger partial charge in [-0.05, 0) is 38.1 Å². The van der Waals surface area contributed by atoms with E-state index in [-0.39, 0.29) is 18.0 Å². The molecule has 3 rings (SSSR count). The summed E-state index contributed by atoms with van der Waals surface area (Å²) >= 11 is 0. The number of halogens is 1. The molecule has 0 spiro atoms. The number of aromatic nitrogens is 2. The van der Waals surface area contributed by atoms with Gasteiger partial charge in [-0.15, -0.1) is 0 Å². The van der Waals surface area contributed by atoms with Crippen LogP contribution in [0.3, 0.4) is 0 Å². The van der Waals surface area contributed by atoms with Gasteiger partial charge in [-0.25, -0.2) is 9.18 Å². The minimum absolute atomic E-state index is 0.0502. The van der Waals surface area contributed by atoms with Crippen molar-refractivity contribution in [1.82, 2.24) is 20.0 Å². The molecule has 1 aliphatic heterocycles. The molecule has 128 valence electrons. The summed E-state index contributed by atoms with van der Waals surface area (Å²) in [6, 6.07) is 5.78. The molecule has 6 nitrogen and oxygen atoms in total. The third-order valence-electron chi connectivity index (χ3n) is 4.19. The number of nitrogens with one attached hydrogen (secondary N) is 1. The third kappa shape index (κ3) is 3.50. The summed E-state index contributed by atoms with van der Waals surface area (Å²) in [6.45, 7) is 6.35.